The van der Waals surface area contributed by atoms with E-state index in [1.54, 1.807) is 36.8 Å². The minimum absolute atomic E-state index is 0.440. The van der Waals surface area contributed by atoms with Crippen LogP contribution in [0.2, 0.25) is 0 Å². The molecule has 2 N–H and O–H groups in total. The second-order valence-corrected chi connectivity index (χ2v) is 7.13. The fourth-order valence-corrected chi connectivity index (χ4v) is 3.88. The average molecular weight is 381 g/mol. The zero-order valence-corrected chi connectivity index (χ0v) is 15.7. The summed E-state index contributed by atoms with van der Waals surface area (Å²) in [6.07, 6.45) is 1.60. The Balaban J connectivity index is 1.74. The highest BCUT2D eigenvalue weighted by Crippen LogP contribution is 2.39. The standard InChI is InChI=1S/C20H19N3O3S/c1-25-16-10-14(17-3-2-8-27-17)9-15-12-23(6-7-26-19(15)16)18-11-13(20(21)24)4-5-22-18/h2-5,8-11H,6-7,12H2,1H3,(H2,21,24). The maximum absolute atomic E-state index is 11.5. The number of ether oxygens (including phenoxy) is 2. The van der Waals surface area contributed by atoms with Gasteiger partial charge in [-0.15, -0.1) is 11.3 Å². The van der Waals surface area contributed by atoms with E-state index in [-0.39, 0.29) is 0 Å². The first-order valence-corrected chi connectivity index (χ1v) is 9.42. The third-order valence-corrected chi connectivity index (χ3v) is 5.40. The Morgan fingerprint density at radius 3 is 2.96 bits per heavy atom. The molecule has 0 unspecified atom stereocenters. The fourth-order valence-electron chi connectivity index (χ4n) is 3.16. The number of rotatable bonds is 4. The van der Waals surface area contributed by atoms with E-state index in [0.717, 1.165) is 22.6 Å². The van der Waals surface area contributed by atoms with Gasteiger partial charge in [-0.25, -0.2) is 4.98 Å². The van der Waals surface area contributed by atoms with Gasteiger partial charge >= 0.3 is 0 Å². The second kappa shape index (κ2) is 7.28. The summed E-state index contributed by atoms with van der Waals surface area (Å²) in [4.78, 5) is 19.2. The third-order valence-electron chi connectivity index (χ3n) is 4.48. The van der Waals surface area contributed by atoms with Gasteiger partial charge in [0.1, 0.15) is 12.4 Å². The van der Waals surface area contributed by atoms with Gasteiger partial charge in [0.05, 0.1) is 13.7 Å². The molecule has 1 aliphatic rings. The largest absolute Gasteiger partial charge is 0.493 e. The molecule has 0 saturated heterocycles. The summed E-state index contributed by atoms with van der Waals surface area (Å²) in [7, 11) is 1.65. The first-order chi connectivity index (χ1) is 13.2. The summed E-state index contributed by atoms with van der Waals surface area (Å²) in [5.74, 6) is 1.71. The Morgan fingerprint density at radius 2 is 2.22 bits per heavy atom. The topological polar surface area (TPSA) is 77.7 Å². The van der Waals surface area contributed by atoms with Crippen molar-refractivity contribution < 1.29 is 14.3 Å². The first kappa shape index (κ1) is 17.4. The normalized spacial score (nSPS) is 13.4. The molecule has 27 heavy (non-hydrogen) atoms. The summed E-state index contributed by atoms with van der Waals surface area (Å²) in [5, 5.41) is 2.05. The summed E-state index contributed by atoms with van der Waals surface area (Å²) in [6.45, 7) is 1.73. The number of methoxy groups -OCH3 is 1. The van der Waals surface area contributed by atoms with E-state index in [2.05, 4.69) is 27.4 Å². The number of anilines is 1. The van der Waals surface area contributed by atoms with Crippen LogP contribution in [0.4, 0.5) is 5.82 Å². The van der Waals surface area contributed by atoms with Crippen molar-refractivity contribution in [2.45, 2.75) is 6.54 Å². The van der Waals surface area contributed by atoms with Crippen LogP contribution in [0, 0.1) is 0 Å². The molecule has 3 heterocycles. The Morgan fingerprint density at radius 1 is 1.33 bits per heavy atom. The van der Waals surface area contributed by atoms with Crippen LogP contribution in [0.5, 0.6) is 11.5 Å². The van der Waals surface area contributed by atoms with Gasteiger partial charge in [-0.2, -0.15) is 0 Å². The van der Waals surface area contributed by atoms with E-state index in [1.165, 1.54) is 4.88 Å². The molecule has 1 aromatic carbocycles. The molecule has 0 radical (unpaired) electrons. The van der Waals surface area contributed by atoms with Gasteiger partial charge in [-0.3, -0.25) is 4.79 Å². The van der Waals surface area contributed by atoms with Gasteiger partial charge in [0.15, 0.2) is 11.5 Å². The molecule has 1 aliphatic heterocycles. The lowest BCUT2D eigenvalue weighted by molar-refractivity contribution is 0.1000. The maximum Gasteiger partial charge on any atom is 0.248 e. The smallest absolute Gasteiger partial charge is 0.248 e. The first-order valence-electron chi connectivity index (χ1n) is 8.54. The molecule has 0 aliphatic carbocycles. The molecule has 4 rings (SSSR count). The third kappa shape index (κ3) is 3.46. The number of pyridine rings is 1. The molecule has 138 valence electrons. The van der Waals surface area contributed by atoms with Crippen LogP contribution in [0.15, 0.2) is 48.0 Å². The molecular formula is C20H19N3O3S. The molecule has 0 spiro atoms. The van der Waals surface area contributed by atoms with Crippen molar-refractivity contribution in [1.29, 1.82) is 0 Å². The van der Waals surface area contributed by atoms with E-state index in [9.17, 15) is 4.79 Å². The minimum Gasteiger partial charge on any atom is -0.493 e. The number of hydrogen-bond acceptors (Lipinski definition) is 6. The molecule has 2 aromatic heterocycles. The van der Waals surface area contributed by atoms with Crippen LogP contribution in [-0.4, -0.2) is 31.2 Å². The lowest BCUT2D eigenvalue weighted by Gasteiger charge is -2.21. The monoisotopic (exact) mass is 381 g/mol. The highest BCUT2D eigenvalue weighted by molar-refractivity contribution is 7.13. The number of carbonyl (C=O) groups excluding carboxylic acids is 1. The highest BCUT2D eigenvalue weighted by atomic mass is 32.1. The molecule has 0 saturated carbocycles. The molecular weight excluding hydrogens is 362 g/mol. The summed E-state index contributed by atoms with van der Waals surface area (Å²) >= 11 is 1.68. The minimum atomic E-state index is -0.466. The van der Waals surface area contributed by atoms with Crippen LogP contribution in [0.25, 0.3) is 10.4 Å². The molecule has 0 bridgehead atoms. The number of hydrogen-bond donors (Lipinski definition) is 1. The number of primary amides is 1. The zero-order chi connectivity index (χ0) is 18.8. The predicted molar refractivity (Wildman–Crippen MR) is 106 cm³/mol. The summed E-state index contributed by atoms with van der Waals surface area (Å²) in [6, 6.07) is 11.6. The summed E-state index contributed by atoms with van der Waals surface area (Å²) in [5.41, 5.74) is 7.95. The van der Waals surface area contributed by atoms with Crippen molar-refractivity contribution in [2.75, 3.05) is 25.2 Å². The van der Waals surface area contributed by atoms with Gasteiger partial charge < -0.3 is 20.1 Å². The van der Waals surface area contributed by atoms with Gasteiger partial charge in [0.2, 0.25) is 5.91 Å². The van der Waals surface area contributed by atoms with Gasteiger partial charge in [0, 0.05) is 28.7 Å². The Labute approximate surface area is 161 Å². The average Bonchev–Trinajstić information content (AvgIpc) is 3.14. The molecule has 3 aromatic rings. The van der Waals surface area contributed by atoms with Gasteiger partial charge in [-0.05, 0) is 41.3 Å². The Hall–Kier alpha value is -3.06. The lowest BCUT2D eigenvalue weighted by Crippen LogP contribution is -2.26. The van der Waals surface area contributed by atoms with Crippen molar-refractivity contribution in [1.82, 2.24) is 4.98 Å². The van der Waals surface area contributed by atoms with E-state index in [4.69, 9.17) is 15.2 Å². The van der Waals surface area contributed by atoms with E-state index in [0.29, 0.717) is 31.1 Å². The molecule has 1 amide bonds. The van der Waals surface area contributed by atoms with Gasteiger partial charge in [-0.1, -0.05) is 6.07 Å². The zero-order valence-electron chi connectivity index (χ0n) is 14.8. The van der Waals surface area contributed by atoms with Crippen LogP contribution < -0.4 is 20.1 Å². The molecule has 7 heteroatoms. The molecule has 0 fully saturated rings. The molecule has 6 nitrogen and oxygen atoms in total. The van der Waals surface area contributed by atoms with Crippen LogP contribution in [0.1, 0.15) is 15.9 Å². The maximum atomic E-state index is 11.5. The number of fused-ring (bicyclic) bond motifs is 1. The lowest BCUT2D eigenvalue weighted by atomic mass is 10.1. The number of benzene rings is 1. The number of nitrogens with two attached hydrogens (primary N) is 1. The summed E-state index contributed by atoms with van der Waals surface area (Å²) < 4.78 is 11.6. The Bertz CT molecular complexity index is 973. The van der Waals surface area contributed by atoms with Crippen molar-refractivity contribution >= 4 is 23.1 Å². The second-order valence-electron chi connectivity index (χ2n) is 6.18. The van der Waals surface area contributed by atoms with Crippen LogP contribution >= 0.6 is 11.3 Å². The predicted octanol–water partition coefficient (Wildman–Crippen LogP) is 3.32. The van der Waals surface area contributed by atoms with Crippen molar-refractivity contribution in [2.24, 2.45) is 5.73 Å². The number of amides is 1. The fraction of sp³-hybridized carbons (Fsp3) is 0.200. The highest BCUT2D eigenvalue weighted by Gasteiger charge is 2.22. The van der Waals surface area contributed by atoms with E-state index < -0.39 is 5.91 Å². The molecule has 0 atom stereocenters. The Kier molecular flexibility index (Phi) is 4.68. The van der Waals surface area contributed by atoms with Crippen molar-refractivity contribution in [3.05, 3.63) is 59.1 Å². The quantitative estimate of drug-likeness (QED) is 0.750. The SMILES string of the molecule is COc1cc(-c2cccs2)cc2c1OCCN(c1cc(C(N)=O)ccn1)C2. The van der Waals surface area contributed by atoms with Crippen LogP contribution in [-0.2, 0) is 6.54 Å². The number of carbonyl (C=O) groups is 1. The van der Waals surface area contributed by atoms with E-state index in [1.807, 2.05) is 12.1 Å². The number of thiophene rings is 1. The van der Waals surface area contributed by atoms with Crippen molar-refractivity contribution in [3.8, 4) is 21.9 Å². The van der Waals surface area contributed by atoms with Crippen molar-refractivity contribution in [3.63, 3.8) is 0 Å². The number of nitrogens with zero attached hydrogens (tertiary/aromatic N) is 2. The number of aromatic nitrogens is 1. The van der Waals surface area contributed by atoms with E-state index >= 15 is 0 Å². The van der Waals surface area contributed by atoms with Crippen LogP contribution in [0.3, 0.4) is 0 Å². The van der Waals surface area contributed by atoms with Gasteiger partial charge in [0.25, 0.3) is 0 Å².